The molecule has 184 valence electrons. The van der Waals surface area contributed by atoms with Gasteiger partial charge in [-0.1, -0.05) is 30.3 Å². The summed E-state index contributed by atoms with van der Waals surface area (Å²) in [7, 11) is 0. The summed E-state index contributed by atoms with van der Waals surface area (Å²) >= 11 is 0. The maximum absolute atomic E-state index is 13.2. The molecule has 2 aromatic heterocycles. The zero-order valence-electron chi connectivity index (χ0n) is 19.7. The first kappa shape index (κ1) is 23.5. The lowest BCUT2D eigenvalue weighted by atomic mass is 10.1. The lowest BCUT2D eigenvalue weighted by Crippen LogP contribution is -2.25. The van der Waals surface area contributed by atoms with Gasteiger partial charge in [0.2, 0.25) is 11.9 Å². The SMILES string of the molecule is O=C(CCCc1cn(-c2ccccc2)c(NC(=O)c2cccc(-c3cnn(CF)c3)c2)n1)NC1CC1. The normalized spacial score (nSPS) is 12.9. The van der Waals surface area contributed by atoms with Crippen LogP contribution in [0.3, 0.4) is 0 Å². The number of carbonyl (C=O) groups is 2. The first-order valence-corrected chi connectivity index (χ1v) is 12.0. The molecule has 0 radical (unpaired) electrons. The number of benzene rings is 2. The van der Waals surface area contributed by atoms with Gasteiger partial charge in [0, 0.05) is 41.7 Å². The predicted octanol–water partition coefficient (Wildman–Crippen LogP) is 4.52. The Kier molecular flexibility index (Phi) is 6.88. The van der Waals surface area contributed by atoms with Crippen molar-refractivity contribution >= 4 is 17.8 Å². The van der Waals surface area contributed by atoms with Gasteiger partial charge in [0.15, 0.2) is 6.80 Å². The number of rotatable bonds is 10. The molecule has 0 saturated heterocycles. The topological polar surface area (TPSA) is 93.8 Å². The molecule has 1 fully saturated rings. The molecular weight excluding hydrogens is 459 g/mol. The molecule has 0 bridgehead atoms. The standard InChI is InChI=1S/C27H27FN6O2/c28-18-33-16-21(15-29-33)19-6-4-7-20(14-19)26(36)32-27-31-23(8-5-11-25(35)30-22-12-13-22)17-34(27)24-9-2-1-3-10-24/h1-4,6-7,9-10,14-17,22H,5,8,11-13,18H2,(H,30,35)(H,31,32,36). The summed E-state index contributed by atoms with van der Waals surface area (Å²) in [5.74, 6) is 0.164. The number of aromatic nitrogens is 4. The third-order valence-electron chi connectivity index (χ3n) is 6.01. The molecule has 2 aromatic carbocycles. The molecule has 8 nitrogen and oxygen atoms in total. The van der Waals surface area contributed by atoms with Crippen molar-refractivity contribution in [2.24, 2.45) is 0 Å². The fourth-order valence-electron chi connectivity index (χ4n) is 3.97. The molecule has 2 heterocycles. The number of nitrogens with one attached hydrogen (secondary N) is 2. The quantitative estimate of drug-likeness (QED) is 0.345. The van der Waals surface area contributed by atoms with Crippen LogP contribution in [-0.2, 0) is 18.0 Å². The molecule has 1 aliphatic rings. The summed E-state index contributed by atoms with van der Waals surface area (Å²) in [6.45, 7) is -0.712. The third-order valence-corrected chi connectivity index (χ3v) is 6.01. The van der Waals surface area contributed by atoms with Crippen molar-refractivity contribution in [3.8, 4) is 16.8 Å². The highest BCUT2D eigenvalue weighted by molar-refractivity contribution is 6.04. The van der Waals surface area contributed by atoms with Crippen LogP contribution in [0.25, 0.3) is 16.8 Å². The number of imidazole rings is 1. The summed E-state index contributed by atoms with van der Waals surface area (Å²) in [5, 5.41) is 9.89. The fraction of sp³-hybridized carbons (Fsp3) is 0.259. The van der Waals surface area contributed by atoms with E-state index in [2.05, 4.69) is 20.7 Å². The number of halogens is 1. The van der Waals surface area contributed by atoms with Crippen LogP contribution in [0.4, 0.5) is 10.3 Å². The van der Waals surface area contributed by atoms with Crippen molar-refractivity contribution < 1.29 is 14.0 Å². The third kappa shape index (κ3) is 5.68. The Morgan fingerprint density at radius 1 is 1.03 bits per heavy atom. The van der Waals surface area contributed by atoms with E-state index < -0.39 is 6.80 Å². The van der Waals surface area contributed by atoms with Gasteiger partial charge in [-0.25, -0.2) is 14.1 Å². The van der Waals surface area contributed by atoms with Crippen LogP contribution in [0.15, 0.2) is 73.2 Å². The summed E-state index contributed by atoms with van der Waals surface area (Å²) in [5.41, 5.74) is 3.59. The van der Waals surface area contributed by atoms with Crippen LogP contribution < -0.4 is 10.6 Å². The number of alkyl halides is 1. The Hall–Kier alpha value is -4.27. The molecule has 0 spiro atoms. The minimum absolute atomic E-state index is 0.0745. The molecule has 2 N–H and O–H groups in total. The van der Waals surface area contributed by atoms with Crippen LogP contribution in [0, 0.1) is 0 Å². The van der Waals surface area contributed by atoms with E-state index in [1.54, 1.807) is 30.6 Å². The highest BCUT2D eigenvalue weighted by atomic mass is 19.1. The Morgan fingerprint density at radius 3 is 2.61 bits per heavy atom. The summed E-state index contributed by atoms with van der Waals surface area (Å²) in [4.78, 5) is 29.8. The highest BCUT2D eigenvalue weighted by Gasteiger charge is 2.23. The molecule has 9 heteroatoms. The molecule has 0 atom stereocenters. The number of amides is 2. The van der Waals surface area contributed by atoms with Crippen molar-refractivity contribution in [1.29, 1.82) is 0 Å². The largest absolute Gasteiger partial charge is 0.353 e. The van der Waals surface area contributed by atoms with E-state index in [1.807, 2.05) is 47.2 Å². The second-order valence-corrected chi connectivity index (χ2v) is 8.88. The van der Waals surface area contributed by atoms with Gasteiger partial charge < -0.3 is 5.32 Å². The van der Waals surface area contributed by atoms with Gasteiger partial charge in [-0.15, -0.1) is 0 Å². The lowest BCUT2D eigenvalue weighted by Gasteiger charge is -2.09. The van der Waals surface area contributed by atoms with Crippen LogP contribution in [0.5, 0.6) is 0 Å². The second-order valence-electron chi connectivity index (χ2n) is 8.88. The summed E-state index contributed by atoms with van der Waals surface area (Å²) in [6, 6.07) is 17.1. The Bertz CT molecular complexity index is 1360. The first-order chi connectivity index (χ1) is 17.6. The lowest BCUT2D eigenvalue weighted by molar-refractivity contribution is -0.121. The Balaban J connectivity index is 1.32. The molecule has 5 rings (SSSR count). The monoisotopic (exact) mass is 486 g/mol. The van der Waals surface area contributed by atoms with Crippen molar-refractivity contribution in [1.82, 2.24) is 24.6 Å². The van der Waals surface area contributed by atoms with Crippen LogP contribution in [0.2, 0.25) is 0 Å². The van der Waals surface area contributed by atoms with E-state index in [0.29, 0.717) is 36.8 Å². The highest BCUT2D eigenvalue weighted by Crippen LogP contribution is 2.23. The number of hydrogen-bond acceptors (Lipinski definition) is 4. The number of anilines is 1. The summed E-state index contributed by atoms with van der Waals surface area (Å²) < 4.78 is 15.9. The van der Waals surface area contributed by atoms with Gasteiger partial charge in [0.1, 0.15) is 0 Å². The van der Waals surface area contributed by atoms with E-state index in [-0.39, 0.29) is 11.8 Å². The minimum atomic E-state index is -0.712. The molecule has 1 aliphatic carbocycles. The number of aryl methyl sites for hydroxylation is 1. The second kappa shape index (κ2) is 10.6. The molecule has 2 amide bonds. The van der Waals surface area contributed by atoms with Crippen molar-refractivity contribution in [3.63, 3.8) is 0 Å². The number of hydrogen-bond donors (Lipinski definition) is 2. The minimum Gasteiger partial charge on any atom is -0.353 e. The van der Waals surface area contributed by atoms with Gasteiger partial charge in [0.25, 0.3) is 5.91 Å². The average Bonchev–Trinajstić information content (AvgIpc) is 3.42. The zero-order chi connectivity index (χ0) is 24.9. The average molecular weight is 487 g/mol. The van der Waals surface area contributed by atoms with E-state index in [0.717, 1.165) is 35.3 Å². The molecule has 0 unspecified atom stereocenters. The van der Waals surface area contributed by atoms with Crippen LogP contribution in [-0.4, -0.2) is 37.2 Å². The number of para-hydroxylation sites is 1. The van der Waals surface area contributed by atoms with Gasteiger partial charge >= 0.3 is 0 Å². The number of carbonyl (C=O) groups excluding carboxylic acids is 2. The maximum atomic E-state index is 13.2. The van der Waals surface area contributed by atoms with Gasteiger partial charge in [-0.3, -0.25) is 19.5 Å². The van der Waals surface area contributed by atoms with Gasteiger partial charge in [-0.2, -0.15) is 5.10 Å². The Labute approximate surface area is 208 Å². The van der Waals surface area contributed by atoms with Crippen molar-refractivity contribution in [2.45, 2.75) is 44.9 Å². The summed E-state index contributed by atoms with van der Waals surface area (Å²) in [6.07, 6.45) is 8.93. The Morgan fingerprint density at radius 2 is 1.86 bits per heavy atom. The molecule has 0 aliphatic heterocycles. The maximum Gasteiger partial charge on any atom is 0.258 e. The number of nitrogens with zero attached hydrogens (tertiary/aromatic N) is 4. The fourth-order valence-corrected chi connectivity index (χ4v) is 3.97. The van der Waals surface area contributed by atoms with Gasteiger partial charge in [0.05, 0.1) is 11.9 Å². The van der Waals surface area contributed by atoms with Crippen LogP contribution >= 0.6 is 0 Å². The van der Waals surface area contributed by atoms with Gasteiger partial charge in [-0.05, 0) is 55.5 Å². The zero-order valence-corrected chi connectivity index (χ0v) is 19.7. The smallest absolute Gasteiger partial charge is 0.258 e. The van der Waals surface area contributed by atoms with E-state index >= 15 is 0 Å². The van der Waals surface area contributed by atoms with Crippen LogP contribution in [0.1, 0.15) is 41.7 Å². The van der Waals surface area contributed by atoms with Crippen molar-refractivity contribution in [2.75, 3.05) is 5.32 Å². The molecule has 36 heavy (non-hydrogen) atoms. The van der Waals surface area contributed by atoms with E-state index in [4.69, 9.17) is 0 Å². The molecular formula is C27H27FN6O2. The first-order valence-electron chi connectivity index (χ1n) is 12.0. The molecule has 1 saturated carbocycles. The van der Waals surface area contributed by atoms with E-state index in [1.165, 1.54) is 4.68 Å². The predicted molar refractivity (Wildman–Crippen MR) is 134 cm³/mol. The van der Waals surface area contributed by atoms with Crippen molar-refractivity contribution in [3.05, 3.63) is 84.4 Å². The molecule has 4 aromatic rings. The van der Waals surface area contributed by atoms with E-state index in [9.17, 15) is 14.0 Å².